The Hall–Kier alpha value is -1.52. The van der Waals surface area contributed by atoms with E-state index in [-0.39, 0.29) is 23.3 Å². The first kappa shape index (κ1) is 19.2. The molecule has 4 nitrogen and oxygen atoms in total. The van der Waals surface area contributed by atoms with E-state index in [4.69, 9.17) is 10.5 Å². The lowest BCUT2D eigenvalue weighted by Gasteiger charge is -2.43. The Bertz CT molecular complexity index is 656. The first-order valence-corrected chi connectivity index (χ1v) is 9.98. The summed E-state index contributed by atoms with van der Waals surface area (Å²) < 4.78 is 6.08. The number of benzene rings is 1. The van der Waals surface area contributed by atoms with Gasteiger partial charge in [-0.1, -0.05) is 32.9 Å². The Balaban J connectivity index is 2.04. The number of fused-ring (bicyclic) bond motifs is 1. The molecule has 0 saturated heterocycles. The average molecular weight is 359 g/mol. The minimum absolute atomic E-state index is 0.00768. The molecule has 1 aliphatic carbocycles. The van der Waals surface area contributed by atoms with E-state index in [1.165, 1.54) is 5.56 Å². The van der Waals surface area contributed by atoms with Gasteiger partial charge in [0.1, 0.15) is 6.10 Å². The van der Waals surface area contributed by atoms with Crippen molar-refractivity contribution < 1.29 is 9.84 Å². The van der Waals surface area contributed by atoms with Gasteiger partial charge in [-0.3, -0.25) is 4.90 Å². The number of phenols is 1. The smallest absolute Gasteiger partial charge is 0.165 e. The van der Waals surface area contributed by atoms with Gasteiger partial charge in [0.05, 0.1) is 0 Å². The van der Waals surface area contributed by atoms with Crippen LogP contribution in [-0.4, -0.2) is 41.3 Å². The summed E-state index contributed by atoms with van der Waals surface area (Å²) in [6.45, 7) is 12.9. The Labute approximate surface area is 158 Å². The molecule has 2 aliphatic rings. The SMILES string of the molecule is C=CCN(CCC)C1Cc2ccc(O)c3c2C[C@@H](O3)[C@@H](N)CCC1(C)C. The molecular formula is C22H34N2O2. The second-order valence-corrected chi connectivity index (χ2v) is 8.61. The third kappa shape index (κ3) is 3.63. The summed E-state index contributed by atoms with van der Waals surface area (Å²) in [7, 11) is 0. The first-order chi connectivity index (χ1) is 12.4. The summed E-state index contributed by atoms with van der Waals surface area (Å²) in [5.74, 6) is 0.900. The zero-order valence-electron chi connectivity index (χ0n) is 16.5. The highest BCUT2D eigenvalue weighted by atomic mass is 16.5. The van der Waals surface area contributed by atoms with Crippen LogP contribution in [0.25, 0.3) is 0 Å². The Morgan fingerprint density at radius 3 is 2.85 bits per heavy atom. The van der Waals surface area contributed by atoms with Crippen LogP contribution in [0.3, 0.4) is 0 Å². The normalized spacial score (nSPS) is 27.2. The number of hydrogen-bond acceptors (Lipinski definition) is 4. The molecule has 144 valence electrons. The van der Waals surface area contributed by atoms with Crippen molar-refractivity contribution in [1.82, 2.24) is 4.90 Å². The molecule has 1 aromatic carbocycles. The highest BCUT2D eigenvalue weighted by molar-refractivity contribution is 5.53. The summed E-state index contributed by atoms with van der Waals surface area (Å²) in [6.07, 6.45) is 6.89. The van der Waals surface area contributed by atoms with Gasteiger partial charge in [-0.05, 0) is 49.3 Å². The molecule has 4 heteroatoms. The molecule has 26 heavy (non-hydrogen) atoms. The molecule has 1 heterocycles. The lowest BCUT2D eigenvalue weighted by atomic mass is 9.74. The van der Waals surface area contributed by atoms with Gasteiger partial charge in [-0.25, -0.2) is 0 Å². The van der Waals surface area contributed by atoms with E-state index in [0.717, 1.165) is 50.8 Å². The largest absolute Gasteiger partial charge is 0.504 e. The minimum Gasteiger partial charge on any atom is -0.504 e. The monoisotopic (exact) mass is 358 g/mol. The number of phenolic OH excluding ortho intramolecular Hbond substituents is 1. The van der Waals surface area contributed by atoms with E-state index >= 15 is 0 Å². The van der Waals surface area contributed by atoms with Crippen molar-refractivity contribution >= 4 is 0 Å². The van der Waals surface area contributed by atoms with Gasteiger partial charge in [0.25, 0.3) is 0 Å². The van der Waals surface area contributed by atoms with Crippen LogP contribution in [0.1, 0.15) is 51.2 Å². The molecule has 3 rings (SSSR count). The maximum atomic E-state index is 10.3. The number of hydrogen-bond donors (Lipinski definition) is 2. The van der Waals surface area contributed by atoms with E-state index in [0.29, 0.717) is 11.8 Å². The fourth-order valence-corrected chi connectivity index (χ4v) is 4.66. The van der Waals surface area contributed by atoms with Crippen LogP contribution < -0.4 is 10.5 Å². The molecule has 0 fully saturated rings. The van der Waals surface area contributed by atoms with Crippen LogP contribution in [0, 0.1) is 5.41 Å². The third-order valence-electron chi connectivity index (χ3n) is 6.24. The third-order valence-corrected chi connectivity index (χ3v) is 6.24. The molecule has 3 N–H and O–H groups in total. The van der Waals surface area contributed by atoms with Crippen molar-refractivity contribution in [1.29, 1.82) is 0 Å². The van der Waals surface area contributed by atoms with Crippen LogP contribution in [0.5, 0.6) is 11.5 Å². The second kappa shape index (κ2) is 7.61. The molecule has 0 aromatic heterocycles. The van der Waals surface area contributed by atoms with E-state index < -0.39 is 0 Å². The van der Waals surface area contributed by atoms with Crippen molar-refractivity contribution in [3.63, 3.8) is 0 Å². The molecule has 0 amide bonds. The van der Waals surface area contributed by atoms with Crippen molar-refractivity contribution in [2.75, 3.05) is 13.1 Å². The van der Waals surface area contributed by atoms with Crippen LogP contribution in [0.4, 0.5) is 0 Å². The predicted octanol–water partition coefficient (Wildman–Crippen LogP) is 3.65. The molecule has 1 aliphatic heterocycles. The zero-order valence-corrected chi connectivity index (χ0v) is 16.5. The fourth-order valence-electron chi connectivity index (χ4n) is 4.66. The lowest BCUT2D eigenvalue weighted by Crippen LogP contribution is -2.49. The number of nitrogens with zero attached hydrogens (tertiary/aromatic N) is 1. The fraction of sp³-hybridized carbons (Fsp3) is 0.636. The van der Waals surface area contributed by atoms with Crippen molar-refractivity contribution in [3.05, 3.63) is 35.9 Å². The summed E-state index contributed by atoms with van der Waals surface area (Å²) in [4.78, 5) is 2.56. The second-order valence-electron chi connectivity index (χ2n) is 8.61. The van der Waals surface area contributed by atoms with Crippen molar-refractivity contribution in [2.45, 2.75) is 71.1 Å². The predicted molar refractivity (Wildman–Crippen MR) is 107 cm³/mol. The molecule has 0 spiro atoms. The van der Waals surface area contributed by atoms with Crippen LogP contribution >= 0.6 is 0 Å². The van der Waals surface area contributed by atoms with Crippen molar-refractivity contribution in [2.24, 2.45) is 11.1 Å². The average Bonchev–Trinajstić information content (AvgIpc) is 3.05. The minimum atomic E-state index is -0.0238. The highest BCUT2D eigenvalue weighted by Gasteiger charge is 2.39. The van der Waals surface area contributed by atoms with Gasteiger partial charge >= 0.3 is 0 Å². The van der Waals surface area contributed by atoms with Gasteiger partial charge in [0.2, 0.25) is 0 Å². The van der Waals surface area contributed by atoms with Crippen LogP contribution in [0.2, 0.25) is 0 Å². The number of ether oxygens (including phenoxy) is 1. The quantitative estimate of drug-likeness (QED) is 0.789. The van der Waals surface area contributed by atoms with Crippen LogP contribution in [-0.2, 0) is 12.8 Å². The molecule has 0 saturated carbocycles. The molecule has 0 radical (unpaired) electrons. The standard InChI is InChI=1S/C22H34N2O2/c1-5-11-24(12-6-2)20-13-15-7-8-18(25)21-16(15)14-19(26-21)17(23)9-10-22(20,3)4/h5,7-8,17,19-20,25H,1,6,9-14,23H2,2-4H3/t17-,19+,20?/m0/s1. The van der Waals surface area contributed by atoms with E-state index in [2.05, 4.69) is 38.3 Å². The van der Waals surface area contributed by atoms with Gasteiger partial charge in [0.15, 0.2) is 11.5 Å². The maximum absolute atomic E-state index is 10.3. The Morgan fingerprint density at radius 1 is 1.38 bits per heavy atom. The number of rotatable bonds is 5. The molecule has 2 bridgehead atoms. The van der Waals surface area contributed by atoms with Gasteiger partial charge < -0.3 is 15.6 Å². The van der Waals surface area contributed by atoms with Crippen molar-refractivity contribution in [3.8, 4) is 11.5 Å². The summed E-state index contributed by atoms with van der Waals surface area (Å²) in [6, 6.07) is 4.25. The van der Waals surface area contributed by atoms with Crippen LogP contribution in [0.15, 0.2) is 24.8 Å². The molecule has 1 unspecified atom stereocenters. The summed E-state index contributed by atoms with van der Waals surface area (Å²) >= 11 is 0. The van der Waals surface area contributed by atoms with E-state index in [9.17, 15) is 5.11 Å². The molecule has 3 atom stereocenters. The Morgan fingerprint density at radius 2 is 2.15 bits per heavy atom. The highest BCUT2D eigenvalue weighted by Crippen LogP contribution is 2.44. The molecule has 1 aromatic rings. The zero-order chi connectivity index (χ0) is 18.9. The van der Waals surface area contributed by atoms with E-state index in [1.54, 1.807) is 6.07 Å². The van der Waals surface area contributed by atoms with Gasteiger partial charge in [-0.2, -0.15) is 0 Å². The summed E-state index contributed by atoms with van der Waals surface area (Å²) in [5, 5.41) is 10.3. The number of nitrogens with two attached hydrogens (primary N) is 1. The maximum Gasteiger partial charge on any atom is 0.165 e. The topological polar surface area (TPSA) is 58.7 Å². The lowest BCUT2D eigenvalue weighted by molar-refractivity contribution is 0.0802. The van der Waals surface area contributed by atoms with Gasteiger partial charge in [-0.15, -0.1) is 6.58 Å². The molecular weight excluding hydrogens is 324 g/mol. The number of aromatic hydroxyl groups is 1. The van der Waals surface area contributed by atoms with E-state index in [1.807, 2.05) is 6.08 Å². The van der Waals surface area contributed by atoms with Gasteiger partial charge in [0, 0.05) is 30.6 Å². The summed E-state index contributed by atoms with van der Waals surface area (Å²) in [5.41, 5.74) is 9.07. The first-order valence-electron chi connectivity index (χ1n) is 9.98. The Kier molecular flexibility index (Phi) is 5.64.